The van der Waals surface area contributed by atoms with Gasteiger partial charge in [0.2, 0.25) is 5.91 Å². The number of halogens is 2. The van der Waals surface area contributed by atoms with Crippen molar-refractivity contribution in [1.29, 1.82) is 0 Å². The molecule has 0 atom stereocenters. The molecular weight excluding hydrogens is 290 g/mol. The number of hydrogen-bond donors (Lipinski definition) is 1. The van der Waals surface area contributed by atoms with Gasteiger partial charge in [0.15, 0.2) is 11.6 Å². The van der Waals surface area contributed by atoms with Crippen molar-refractivity contribution in [2.24, 2.45) is 0 Å². The first kappa shape index (κ1) is 15.6. The Kier molecular flexibility index (Phi) is 4.50. The van der Waals surface area contributed by atoms with Crippen LogP contribution in [0.5, 0.6) is 0 Å². The van der Waals surface area contributed by atoms with E-state index in [0.29, 0.717) is 11.4 Å². The predicted molar refractivity (Wildman–Crippen MR) is 79.8 cm³/mol. The number of amides is 2. The maximum Gasteiger partial charge on any atom is 0.255 e. The number of hydrogen-bond acceptors (Lipinski definition) is 2. The first-order valence-electron chi connectivity index (χ1n) is 6.49. The van der Waals surface area contributed by atoms with E-state index in [0.717, 1.165) is 12.1 Å². The lowest BCUT2D eigenvalue weighted by Gasteiger charge is -2.15. The van der Waals surface area contributed by atoms with Gasteiger partial charge in [0.05, 0.1) is 0 Å². The van der Waals surface area contributed by atoms with Gasteiger partial charge < -0.3 is 10.2 Å². The van der Waals surface area contributed by atoms with E-state index in [1.54, 1.807) is 31.3 Å². The fourth-order valence-electron chi connectivity index (χ4n) is 1.79. The van der Waals surface area contributed by atoms with Gasteiger partial charge in [-0.3, -0.25) is 9.59 Å². The smallest absolute Gasteiger partial charge is 0.255 e. The number of nitrogens with one attached hydrogen (secondary N) is 1. The average molecular weight is 304 g/mol. The van der Waals surface area contributed by atoms with E-state index in [2.05, 4.69) is 5.32 Å². The number of carbonyl (C=O) groups excluding carboxylic acids is 2. The summed E-state index contributed by atoms with van der Waals surface area (Å²) in [6.45, 7) is 1.44. The van der Waals surface area contributed by atoms with Crippen LogP contribution in [0.4, 0.5) is 20.2 Å². The quantitative estimate of drug-likeness (QED) is 0.946. The molecule has 2 rings (SSSR count). The average Bonchev–Trinajstić information content (AvgIpc) is 2.50. The highest BCUT2D eigenvalue weighted by molar-refractivity contribution is 6.04. The van der Waals surface area contributed by atoms with Gasteiger partial charge in [-0.2, -0.15) is 0 Å². The summed E-state index contributed by atoms with van der Waals surface area (Å²) in [6, 6.07) is 9.51. The molecule has 2 amide bonds. The van der Waals surface area contributed by atoms with Gasteiger partial charge in [0.1, 0.15) is 0 Å². The van der Waals surface area contributed by atoms with Crippen LogP contribution in [0.1, 0.15) is 17.3 Å². The van der Waals surface area contributed by atoms with Crippen LogP contribution in [-0.2, 0) is 4.79 Å². The summed E-state index contributed by atoms with van der Waals surface area (Å²) in [5, 5.41) is 2.57. The molecule has 0 aliphatic carbocycles. The number of carbonyl (C=O) groups is 2. The van der Waals surface area contributed by atoms with E-state index in [4.69, 9.17) is 0 Å². The number of benzene rings is 2. The molecule has 0 aliphatic rings. The SMILES string of the molecule is CC(=O)N(C)c1ccc(NC(=O)c2ccc(F)c(F)c2)cc1. The highest BCUT2D eigenvalue weighted by Gasteiger charge is 2.10. The molecule has 0 radical (unpaired) electrons. The fourth-order valence-corrected chi connectivity index (χ4v) is 1.79. The zero-order valence-corrected chi connectivity index (χ0v) is 12.1. The molecule has 0 aromatic heterocycles. The molecule has 1 N–H and O–H groups in total. The van der Waals surface area contributed by atoms with E-state index in [1.807, 2.05) is 0 Å². The molecule has 0 spiro atoms. The minimum absolute atomic E-state index is 0.0174. The third kappa shape index (κ3) is 3.46. The Hall–Kier alpha value is -2.76. The largest absolute Gasteiger partial charge is 0.322 e. The molecule has 0 aliphatic heterocycles. The van der Waals surface area contributed by atoms with Crippen molar-refractivity contribution < 1.29 is 18.4 Å². The van der Waals surface area contributed by atoms with Crippen LogP contribution in [0.2, 0.25) is 0 Å². The number of nitrogens with zero attached hydrogens (tertiary/aromatic N) is 1. The van der Waals surface area contributed by atoms with Crippen molar-refractivity contribution in [3.63, 3.8) is 0 Å². The van der Waals surface area contributed by atoms with Gasteiger partial charge in [0, 0.05) is 30.9 Å². The molecule has 114 valence electrons. The maximum absolute atomic E-state index is 13.1. The minimum Gasteiger partial charge on any atom is -0.322 e. The first-order valence-corrected chi connectivity index (χ1v) is 6.49. The van der Waals surface area contributed by atoms with Crippen LogP contribution < -0.4 is 10.2 Å². The molecule has 2 aromatic rings. The summed E-state index contributed by atoms with van der Waals surface area (Å²) in [6.07, 6.45) is 0. The highest BCUT2D eigenvalue weighted by atomic mass is 19.2. The van der Waals surface area contributed by atoms with Crippen molar-refractivity contribution >= 4 is 23.2 Å². The fraction of sp³-hybridized carbons (Fsp3) is 0.125. The number of rotatable bonds is 3. The standard InChI is InChI=1S/C16H14F2N2O2/c1-10(21)20(2)13-6-4-12(5-7-13)19-16(22)11-3-8-14(17)15(18)9-11/h3-9H,1-2H3,(H,19,22). The second-order valence-corrected chi connectivity index (χ2v) is 4.71. The molecule has 22 heavy (non-hydrogen) atoms. The van der Waals surface area contributed by atoms with Crippen LogP contribution in [0.25, 0.3) is 0 Å². The maximum atomic E-state index is 13.1. The van der Waals surface area contributed by atoms with Crippen molar-refractivity contribution in [3.8, 4) is 0 Å². The lowest BCUT2D eigenvalue weighted by Crippen LogP contribution is -2.22. The van der Waals surface area contributed by atoms with Gasteiger partial charge in [-0.15, -0.1) is 0 Å². The van der Waals surface area contributed by atoms with Gasteiger partial charge in [-0.1, -0.05) is 0 Å². The Morgan fingerprint density at radius 3 is 2.18 bits per heavy atom. The lowest BCUT2D eigenvalue weighted by molar-refractivity contribution is -0.116. The Bertz CT molecular complexity index is 715. The molecule has 0 saturated carbocycles. The van der Waals surface area contributed by atoms with E-state index in [9.17, 15) is 18.4 Å². The summed E-state index contributed by atoms with van der Waals surface area (Å²) in [7, 11) is 1.64. The Morgan fingerprint density at radius 2 is 1.64 bits per heavy atom. The van der Waals surface area contributed by atoms with E-state index < -0.39 is 17.5 Å². The summed E-state index contributed by atoms with van der Waals surface area (Å²) in [4.78, 5) is 24.6. The van der Waals surface area contributed by atoms with Crippen LogP contribution in [0, 0.1) is 11.6 Å². The van der Waals surface area contributed by atoms with Crippen LogP contribution >= 0.6 is 0 Å². The monoisotopic (exact) mass is 304 g/mol. The van der Waals surface area contributed by atoms with Crippen molar-refractivity contribution in [1.82, 2.24) is 0 Å². The normalized spacial score (nSPS) is 10.2. The summed E-state index contributed by atoms with van der Waals surface area (Å²) in [5.41, 5.74) is 1.18. The predicted octanol–water partition coefficient (Wildman–Crippen LogP) is 3.20. The molecule has 0 saturated heterocycles. The highest BCUT2D eigenvalue weighted by Crippen LogP contribution is 2.18. The Labute approximate surface area is 126 Å². The molecule has 0 fully saturated rings. The van der Waals surface area contributed by atoms with Crippen molar-refractivity contribution in [3.05, 3.63) is 59.7 Å². The molecule has 0 unspecified atom stereocenters. The number of anilines is 2. The summed E-state index contributed by atoms with van der Waals surface area (Å²) < 4.78 is 25.9. The molecule has 6 heteroatoms. The second kappa shape index (κ2) is 6.34. The Balaban J connectivity index is 2.11. The van der Waals surface area contributed by atoms with Crippen LogP contribution in [-0.4, -0.2) is 18.9 Å². The molecule has 4 nitrogen and oxygen atoms in total. The van der Waals surface area contributed by atoms with Crippen molar-refractivity contribution in [2.45, 2.75) is 6.92 Å². The molecular formula is C16H14F2N2O2. The topological polar surface area (TPSA) is 49.4 Å². The second-order valence-electron chi connectivity index (χ2n) is 4.71. The third-order valence-electron chi connectivity index (χ3n) is 3.17. The Morgan fingerprint density at radius 1 is 1.00 bits per heavy atom. The van der Waals surface area contributed by atoms with E-state index in [-0.39, 0.29) is 11.5 Å². The lowest BCUT2D eigenvalue weighted by atomic mass is 10.2. The zero-order chi connectivity index (χ0) is 16.3. The molecule has 0 heterocycles. The first-order chi connectivity index (χ1) is 10.4. The van der Waals surface area contributed by atoms with Gasteiger partial charge >= 0.3 is 0 Å². The summed E-state index contributed by atoms with van der Waals surface area (Å²) >= 11 is 0. The molecule has 0 bridgehead atoms. The zero-order valence-electron chi connectivity index (χ0n) is 12.1. The van der Waals surface area contributed by atoms with Crippen LogP contribution in [0.15, 0.2) is 42.5 Å². The minimum atomic E-state index is -1.08. The van der Waals surface area contributed by atoms with E-state index in [1.165, 1.54) is 17.9 Å². The summed E-state index contributed by atoms with van der Waals surface area (Å²) in [5.74, 6) is -2.75. The molecule has 2 aromatic carbocycles. The van der Waals surface area contributed by atoms with Gasteiger partial charge in [0.25, 0.3) is 5.91 Å². The van der Waals surface area contributed by atoms with Crippen LogP contribution in [0.3, 0.4) is 0 Å². The third-order valence-corrected chi connectivity index (χ3v) is 3.17. The van der Waals surface area contributed by atoms with Crippen molar-refractivity contribution in [2.75, 3.05) is 17.3 Å². The van der Waals surface area contributed by atoms with Gasteiger partial charge in [-0.25, -0.2) is 8.78 Å². The van der Waals surface area contributed by atoms with Gasteiger partial charge in [-0.05, 0) is 42.5 Å². The van der Waals surface area contributed by atoms with E-state index >= 15 is 0 Å².